The molecule has 1 atom stereocenters. The lowest BCUT2D eigenvalue weighted by Crippen LogP contribution is -2.53. The third-order valence-corrected chi connectivity index (χ3v) is 6.05. The molecular weight excluding hydrogens is 272 g/mol. The molecule has 0 radical (unpaired) electrons. The molecule has 0 unspecified atom stereocenters. The van der Waals surface area contributed by atoms with E-state index >= 15 is 0 Å². The van der Waals surface area contributed by atoms with Crippen LogP contribution >= 0.6 is 0 Å². The first-order chi connectivity index (χ1) is 10.6. The van der Waals surface area contributed by atoms with Crippen LogP contribution in [0.1, 0.15) is 71.6 Å². The smallest absolute Gasteiger partial charge is 0.0632 e. The predicted molar refractivity (Wildman–Crippen MR) is 92.2 cm³/mol. The summed E-state index contributed by atoms with van der Waals surface area (Å²) >= 11 is 0. The third-order valence-electron chi connectivity index (χ3n) is 6.05. The van der Waals surface area contributed by atoms with Crippen LogP contribution in [0.15, 0.2) is 0 Å². The zero-order chi connectivity index (χ0) is 15.5. The van der Waals surface area contributed by atoms with Gasteiger partial charge in [0.1, 0.15) is 0 Å². The summed E-state index contributed by atoms with van der Waals surface area (Å²) in [6.07, 6.45) is 12.3. The maximum absolute atomic E-state index is 6.03. The van der Waals surface area contributed by atoms with Gasteiger partial charge in [0.2, 0.25) is 0 Å². The van der Waals surface area contributed by atoms with Crippen LogP contribution < -0.4 is 5.32 Å². The largest absolute Gasteiger partial charge is 0.376 e. The Balaban J connectivity index is 1.62. The highest BCUT2D eigenvalue weighted by molar-refractivity contribution is 4.95. The summed E-state index contributed by atoms with van der Waals surface area (Å²) in [4.78, 5) is 2.71. The Morgan fingerprint density at radius 1 is 1.05 bits per heavy atom. The van der Waals surface area contributed by atoms with E-state index in [0.29, 0.717) is 5.41 Å². The number of nitrogens with zero attached hydrogens (tertiary/aromatic N) is 1. The van der Waals surface area contributed by atoms with Gasteiger partial charge in [-0.1, -0.05) is 19.3 Å². The van der Waals surface area contributed by atoms with E-state index < -0.39 is 0 Å². The maximum atomic E-state index is 6.03. The van der Waals surface area contributed by atoms with Crippen molar-refractivity contribution in [1.82, 2.24) is 10.2 Å². The Morgan fingerprint density at radius 2 is 1.77 bits per heavy atom. The van der Waals surface area contributed by atoms with Crippen LogP contribution in [0.2, 0.25) is 0 Å². The summed E-state index contributed by atoms with van der Waals surface area (Å²) in [5.41, 5.74) is 0.468. The minimum Gasteiger partial charge on any atom is -0.376 e. The average Bonchev–Trinajstić information content (AvgIpc) is 2.98. The Labute approximate surface area is 137 Å². The fraction of sp³-hybridized carbons (Fsp3) is 1.00. The number of likely N-dealkylation sites (tertiary alicyclic amines) is 1. The molecule has 0 bridgehead atoms. The molecule has 128 valence electrons. The van der Waals surface area contributed by atoms with Crippen molar-refractivity contribution in [2.75, 3.05) is 32.8 Å². The molecule has 0 spiro atoms. The minimum absolute atomic E-state index is 0.0478. The molecule has 3 fully saturated rings. The number of nitrogens with one attached hydrogen (secondary N) is 1. The lowest BCUT2D eigenvalue weighted by molar-refractivity contribution is -0.111. The van der Waals surface area contributed by atoms with E-state index in [1.165, 1.54) is 84.0 Å². The van der Waals surface area contributed by atoms with E-state index in [0.717, 1.165) is 12.6 Å². The number of ether oxygens (including phenoxy) is 1. The Bertz CT molecular complexity index is 345. The van der Waals surface area contributed by atoms with E-state index in [1.54, 1.807) is 0 Å². The molecule has 0 amide bonds. The molecule has 0 aromatic heterocycles. The zero-order valence-electron chi connectivity index (χ0n) is 14.8. The molecule has 2 saturated heterocycles. The molecule has 3 nitrogen and oxygen atoms in total. The average molecular weight is 309 g/mol. The van der Waals surface area contributed by atoms with Gasteiger partial charge in [0.15, 0.2) is 0 Å². The van der Waals surface area contributed by atoms with E-state index in [2.05, 4.69) is 24.1 Å². The van der Waals surface area contributed by atoms with Crippen molar-refractivity contribution in [3.63, 3.8) is 0 Å². The molecule has 3 rings (SSSR count). The first-order valence-electron chi connectivity index (χ1n) is 9.67. The van der Waals surface area contributed by atoms with Gasteiger partial charge in [-0.2, -0.15) is 0 Å². The van der Waals surface area contributed by atoms with Crippen molar-refractivity contribution >= 4 is 0 Å². The molecule has 22 heavy (non-hydrogen) atoms. The van der Waals surface area contributed by atoms with Gasteiger partial charge >= 0.3 is 0 Å². The van der Waals surface area contributed by atoms with Crippen LogP contribution in [-0.4, -0.2) is 49.3 Å². The first kappa shape index (κ1) is 16.7. The molecule has 0 aromatic rings. The van der Waals surface area contributed by atoms with Crippen molar-refractivity contribution in [3.05, 3.63) is 0 Å². The summed E-state index contributed by atoms with van der Waals surface area (Å²) in [5, 5.41) is 3.96. The van der Waals surface area contributed by atoms with E-state index in [-0.39, 0.29) is 5.60 Å². The topological polar surface area (TPSA) is 24.5 Å². The van der Waals surface area contributed by atoms with E-state index in [1.807, 2.05) is 0 Å². The molecule has 3 aliphatic rings. The molecule has 1 aliphatic carbocycles. The second kappa shape index (κ2) is 7.19. The SMILES string of the molecule is CC1(C)C[C@@](CNC2CCCCC2)(CN2CCCC2)CCO1. The highest BCUT2D eigenvalue weighted by Gasteiger charge is 2.42. The highest BCUT2D eigenvalue weighted by atomic mass is 16.5. The van der Waals surface area contributed by atoms with Gasteiger partial charge in [0, 0.05) is 31.2 Å². The fourth-order valence-electron chi connectivity index (χ4n) is 5.01. The second-order valence-electron chi connectivity index (χ2n) is 8.73. The van der Waals surface area contributed by atoms with Gasteiger partial charge in [-0.3, -0.25) is 0 Å². The van der Waals surface area contributed by atoms with Gasteiger partial charge in [-0.05, 0) is 65.5 Å². The standard InChI is InChI=1S/C19H36N2O/c1-18(2)14-19(10-13-22-18,16-21-11-6-7-12-21)15-20-17-8-4-3-5-9-17/h17,20H,3-16H2,1-2H3/t19-/m0/s1. The monoisotopic (exact) mass is 308 g/mol. The predicted octanol–water partition coefficient (Wildman–Crippen LogP) is 3.58. The van der Waals surface area contributed by atoms with Crippen LogP contribution in [0.3, 0.4) is 0 Å². The first-order valence-corrected chi connectivity index (χ1v) is 9.67. The number of rotatable bonds is 5. The molecule has 3 heteroatoms. The Morgan fingerprint density at radius 3 is 2.45 bits per heavy atom. The van der Waals surface area contributed by atoms with Gasteiger partial charge in [-0.15, -0.1) is 0 Å². The number of hydrogen-bond acceptors (Lipinski definition) is 3. The maximum Gasteiger partial charge on any atom is 0.0632 e. The minimum atomic E-state index is 0.0478. The highest BCUT2D eigenvalue weighted by Crippen LogP contribution is 2.40. The van der Waals surface area contributed by atoms with Gasteiger partial charge in [-0.25, -0.2) is 0 Å². The van der Waals surface area contributed by atoms with Crippen LogP contribution in [0.5, 0.6) is 0 Å². The molecule has 2 heterocycles. The molecule has 2 aliphatic heterocycles. The normalized spacial score (nSPS) is 34.1. The van der Waals surface area contributed by atoms with Crippen LogP contribution in [-0.2, 0) is 4.74 Å². The number of hydrogen-bond donors (Lipinski definition) is 1. The summed E-state index contributed by atoms with van der Waals surface area (Å²) in [5.74, 6) is 0. The molecule has 1 N–H and O–H groups in total. The van der Waals surface area contributed by atoms with Crippen LogP contribution in [0, 0.1) is 5.41 Å². The van der Waals surface area contributed by atoms with E-state index in [4.69, 9.17) is 4.74 Å². The van der Waals surface area contributed by atoms with Crippen molar-refractivity contribution in [1.29, 1.82) is 0 Å². The van der Waals surface area contributed by atoms with Crippen molar-refractivity contribution < 1.29 is 4.74 Å². The van der Waals surface area contributed by atoms with Crippen molar-refractivity contribution in [2.45, 2.75) is 83.3 Å². The Kier molecular flexibility index (Phi) is 5.47. The summed E-state index contributed by atoms with van der Waals surface area (Å²) in [6, 6.07) is 0.773. The van der Waals surface area contributed by atoms with Crippen LogP contribution in [0.25, 0.3) is 0 Å². The lowest BCUT2D eigenvalue weighted by Gasteiger charge is -2.47. The summed E-state index contributed by atoms with van der Waals surface area (Å²) < 4.78 is 6.03. The molecule has 1 saturated carbocycles. The molecular formula is C19H36N2O. The fourth-order valence-corrected chi connectivity index (χ4v) is 5.01. The van der Waals surface area contributed by atoms with Crippen molar-refractivity contribution in [2.24, 2.45) is 5.41 Å². The summed E-state index contributed by atoms with van der Waals surface area (Å²) in [7, 11) is 0. The summed E-state index contributed by atoms with van der Waals surface area (Å²) in [6.45, 7) is 10.6. The van der Waals surface area contributed by atoms with Crippen molar-refractivity contribution in [3.8, 4) is 0 Å². The third kappa shape index (κ3) is 4.46. The zero-order valence-corrected chi connectivity index (χ0v) is 14.8. The van der Waals surface area contributed by atoms with Gasteiger partial charge < -0.3 is 15.0 Å². The second-order valence-corrected chi connectivity index (χ2v) is 8.73. The molecule has 0 aromatic carbocycles. The van der Waals surface area contributed by atoms with Gasteiger partial charge in [0.25, 0.3) is 0 Å². The van der Waals surface area contributed by atoms with E-state index in [9.17, 15) is 0 Å². The van der Waals surface area contributed by atoms with Crippen LogP contribution in [0.4, 0.5) is 0 Å². The Hall–Kier alpha value is -0.120. The quantitative estimate of drug-likeness (QED) is 0.840. The lowest BCUT2D eigenvalue weighted by atomic mass is 9.73. The van der Waals surface area contributed by atoms with Gasteiger partial charge in [0.05, 0.1) is 5.60 Å².